The lowest BCUT2D eigenvalue weighted by molar-refractivity contribution is -0.122. The number of hydrogen-bond acceptors (Lipinski definition) is 5. The minimum absolute atomic E-state index is 0.230. The van der Waals surface area contributed by atoms with Crippen LogP contribution in [0.25, 0.3) is 16.8 Å². The van der Waals surface area contributed by atoms with Gasteiger partial charge in [-0.25, -0.2) is 9.36 Å². The number of aliphatic hydroxyl groups excluding tert-OH is 1. The van der Waals surface area contributed by atoms with Crippen molar-refractivity contribution < 1.29 is 9.90 Å². The van der Waals surface area contributed by atoms with E-state index in [9.17, 15) is 14.4 Å². The maximum Gasteiger partial charge on any atom is 0.336 e. The number of hydrogen-bond donors (Lipinski definition) is 2. The largest absolute Gasteiger partial charge is 0.394 e. The number of aryl methyl sites for hydroxylation is 1. The van der Waals surface area contributed by atoms with E-state index in [1.54, 1.807) is 44.4 Å². The van der Waals surface area contributed by atoms with Crippen LogP contribution >= 0.6 is 11.6 Å². The van der Waals surface area contributed by atoms with E-state index in [1.807, 2.05) is 0 Å². The molecule has 0 fully saturated rings. The lowest BCUT2D eigenvalue weighted by Crippen LogP contribution is -2.45. The second-order valence-electron chi connectivity index (χ2n) is 6.62. The van der Waals surface area contributed by atoms with E-state index >= 15 is 0 Å². The summed E-state index contributed by atoms with van der Waals surface area (Å²) in [5.74, 6) is -0.559. The summed E-state index contributed by atoms with van der Waals surface area (Å²) >= 11 is 5.93. The first-order valence-corrected chi connectivity index (χ1v) is 9.19. The highest BCUT2D eigenvalue weighted by Crippen LogP contribution is 2.18. The fraction of sp³-hybridized carbons (Fsp3) is 0.263. The lowest BCUT2D eigenvalue weighted by atomic mass is 10.1. The van der Waals surface area contributed by atoms with E-state index in [0.717, 1.165) is 4.57 Å². The average molecular weight is 418 g/mol. The molecule has 152 valence electrons. The van der Waals surface area contributed by atoms with Crippen LogP contribution in [0.4, 0.5) is 0 Å². The molecule has 29 heavy (non-hydrogen) atoms. The van der Waals surface area contributed by atoms with E-state index in [4.69, 9.17) is 16.7 Å². The van der Waals surface area contributed by atoms with Crippen molar-refractivity contribution in [1.29, 1.82) is 0 Å². The molecule has 0 saturated carbocycles. The molecule has 10 heteroatoms. The molecular weight excluding hydrogens is 398 g/mol. The van der Waals surface area contributed by atoms with Crippen molar-refractivity contribution >= 4 is 17.5 Å². The number of rotatable bonds is 6. The zero-order valence-electron chi connectivity index (χ0n) is 15.9. The monoisotopic (exact) mass is 417 g/mol. The normalized spacial score (nSPS) is 12.0. The van der Waals surface area contributed by atoms with Gasteiger partial charge in [0.15, 0.2) is 0 Å². The molecule has 1 amide bonds. The van der Waals surface area contributed by atoms with Crippen LogP contribution in [-0.4, -0.2) is 42.6 Å². The molecule has 0 radical (unpaired) electrons. The molecule has 0 saturated heterocycles. The van der Waals surface area contributed by atoms with Gasteiger partial charge in [-0.2, -0.15) is 5.10 Å². The van der Waals surface area contributed by atoms with Crippen LogP contribution in [0.2, 0.25) is 5.02 Å². The van der Waals surface area contributed by atoms with Crippen LogP contribution in [0.15, 0.2) is 52.4 Å². The van der Waals surface area contributed by atoms with Gasteiger partial charge in [0.25, 0.3) is 5.56 Å². The van der Waals surface area contributed by atoms with Crippen molar-refractivity contribution in [2.24, 2.45) is 7.05 Å². The van der Waals surface area contributed by atoms with Crippen molar-refractivity contribution in [3.05, 3.63) is 68.7 Å². The molecule has 2 heterocycles. The highest BCUT2D eigenvalue weighted by atomic mass is 35.5. The minimum Gasteiger partial charge on any atom is -0.394 e. The Balaban J connectivity index is 2.16. The molecule has 0 unspecified atom stereocenters. The van der Waals surface area contributed by atoms with Crippen molar-refractivity contribution in [2.75, 3.05) is 6.61 Å². The Hall–Kier alpha value is -3.17. The van der Waals surface area contributed by atoms with Crippen molar-refractivity contribution in [3.8, 4) is 16.8 Å². The number of carbonyl (C=O) groups excluding carboxylic acids is 1. The molecule has 0 bridgehead atoms. The number of nitrogens with zero attached hydrogens (tertiary/aromatic N) is 4. The molecular formula is C19H20ClN5O4. The Morgan fingerprint density at radius 1 is 1.24 bits per heavy atom. The van der Waals surface area contributed by atoms with E-state index < -0.39 is 29.7 Å². The summed E-state index contributed by atoms with van der Waals surface area (Å²) in [6.07, 6.45) is 4.53. The van der Waals surface area contributed by atoms with E-state index in [1.165, 1.54) is 21.6 Å². The van der Waals surface area contributed by atoms with Gasteiger partial charge in [-0.3, -0.25) is 18.8 Å². The number of aliphatic hydroxyl groups is 1. The SMILES string of the molecule is C[C@@H](CO)NC(=O)Cn1c(=O)c(-c2ccc(Cl)cc2)cn(-c2cnn(C)c2)c1=O. The van der Waals surface area contributed by atoms with Gasteiger partial charge >= 0.3 is 5.69 Å². The van der Waals surface area contributed by atoms with Gasteiger partial charge in [-0.05, 0) is 24.6 Å². The Kier molecular flexibility index (Phi) is 6.00. The summed E-state index contributed by atoms with van der Waals surface area (Å²) in [4.78, 5) is 38.3. The topological polar surface area (TPSA) is 111 Å². The summed E-state index contributed by atoms with van der Waals surface area (Å²) < 4.78 is 3.65. The van der Waals surface area contributed by atoms with Crippen molar-refractivity contribution in [1.82, 2.24) is 24.2 Å². The molecule has 0 spiro atoms. The van der Waals surface area contributed by atoms with Gasteiger partial charge in [0.1, 0.15) is 6.54 Å². The fourth-order valence-corrected chi connectivity index (χ4v) is 2.92. The predicted molar refractivity (Wildman–Crippen MR) is 108 cm³/mol. The quantitative estimate of drug-likeness (QED) is 0.608. The van der Waals surface area contributed by atoms with Crippen LogP contribution in [-0.2, 0) is 18.4 Å². The van der Waals surface area contributed by atoms with E-state index in [2.05, 4.69) is 10.4 Å². The zero-order valence-corrected chi connectivity index (χ0v) is 16.6. The molecule has 9 nitrogen and oxygen atoms in total. The third-order valence-electron chi connectivity index (χ3n) is 4.28. The van der Waals surface area contributed by atoms with Gasteiger partial charge < -0.3 is 10.4 Å². The smallest absolute Gasteiger partial charge is 0.336 e. The molecule has 2 N–H and O–H groups in total. The summed E-state index contributed by atoms with van der Waals surface area (Å²) in [5.41, 5.74) is -0.0505. The van der Waals surface area contributed by atoms with Gasteiger partial charge in [-0.15, -0.1) is 0 Å². The summed E-state index contributed by atoms with van der Waals surface area (Å²) in [6.45, 7) is 0.869. The zero-order chi connectivity index (χ0) is 21.1. The minimum atomic E-state index is -0.674. The van der Waals surface area contributed by atoms with E-state index in [0.29, 0.717) is 16.3 Å². The average Bonchev–Trinajstić information content (AvgIpc) is 3.12. The molecule has 3 aromatic rings. The summed E-state index contributed by atoms with van der Waals surface area (Å²) in [7, 11) is 1.70. The van der Waals surface area contributed by atoms with Gasteiger partial charge in [0.05, 0.1) is 24.1 Å². The van der Waals surface area contributed by atoms with Crippen LogP contribution in [0.1, 0.15) is 6.92 Å². The Bertz CT molecular complexity index is 1150. The maximum atomic E-state index is 13.0. The highest BCUT2D eigenvalue weighted by Gasteiger charge is 2.18. The second-order valence-corrected chi connectivity index (χ2v) is 7.05. The number of aromatic nitrogens is 4. The first-order valence-electron chi connectivity index (χ1n) is 8.82. The first kappa shape index (κ1) is 20.6. The standard InChI is InChI=1S/C19H20ClN5O4/c1-12(11-26)22-17(27)10-25-18(28)16(13-3-5-14(20)6-4-13)9-24(19(25)29)15-7-21-23(2)8-15/h3-9,12,26H,10-11H2,1-2H3,(H,22,27)/t12-/m0/s1. The fourth-order valence-electron chi connectivity index (χ4n) is 2.80. The Morgan fingerprint density at radius 2 is 1.93 bits per heavy atom. The van der Waals surface area contributed by atoms with Crippen molar-refractivity contribution in [2.45, 2.75) is 19.5 Å². The van der Waals surface area contributed by atoms with Crippen LogP contribution in [0, 0.1) is 0 Å². The maximum absolute atomic E-state index is 13.0. The molecule has 1 aromatic carbocycles. The van der Waals surface area contributed by atoms with Gasteiger partial charge in [0.2, 0.25) is 5.91 Å². The lowest BCUT2D eigenvalue weighted by Gasteiger charge is -2.14. The van der Waals surface area contributed by atoms with Gasteiger partial charge in [-0.1, -0.05) is 23.7 Å². The van der Waals surface area contributed by atoms with Gasteiger partial charge in [0, 0.05) is 30.5 Å². The van der Waals surface area contributed by atoms with Crippen molar-refractivity contribution in [3.63, 3.8) is 0 Å². The first-order chi connectivity index (χ1) is 13.8. The predicted octanol–water partition coefficient (Wildman–Crippen LogP) is 0.550. The third kappa shape index (κ3) is 4.47. The van der Waals surface area contributed by atoms with E-state index in [-0.39, 0.29) is 12.2 Å². The Labute approximate surface area is 170 Å². The molecule has 0 aliphatic heterocycles. The summed E-state index contributed by atoms with van der Waals surface area (Å²) in [6, 6.07) is 6.09. The molecule has 2 aromatic heterocycles. The number of carbonyl (C=O) groups is 1. The third-order valence-corrected chi connectivity index (χ3v) is 4.53. The number of halogens is 1. The van der Waals surface area contributed by atoms with Crippen LogP contribution in [0.3, 0.4) is 0 Å². The molecule has 1 atom stereocenters. The molecule has 0 aliphatic rings. The molecule has 3 rings (SSSR count). The molecule has 0 aliphatic carbocycles. The number of amides is 1. The second kappa shape index (κ2) is 8.46. The Morgan fingerprint density at radius 3 is 2.52 bits per heavy atom. The number of benzene rings is 1. The highest BCUT2D eigenvalue weighted by molar-refractivity contribution is 6.30. The van der Waals surface area contributed by atoms with Crippen LogP contribution in [0.5, 0.6) is 0 Å². The number of nitrogens with one attached hydrogen (secondary N) is 1. The van der Waals surface area contributed by atoms with Crippen LogP contribution < -0.4 is 16.6 Å². The summed E-state index contributed by atoms with van der Waals surface area (Å²) in [5, 5.41) is 16.2.